The molecule has 2 N–H and O–H groups in total. The second kappa shape index (κ2) is 13.5. The van der Waals surface area contributed by atoms with Crippen molar-refractivity contribution >= 4 is 68.1 Å². The van der Waals surface area contributed by atoms with Crippen LogP contribution in [0.2, 0.25) is 0 Å². The number of hydrogen-bond acceptors (Lipinski definition) is 6. The Morgan fingerprint density at radius 1 is 1.00 bits per heavy atom. The molecular formula is C32H23BrFN3O5S. The van der Waals surface area contributed by atoms with Crippen molar-refractivity contribution in [3.63, 3.8) is 0 Å². The smallest absolute Gasteiger partial charge is 0.335 e. The summed E-state index contributed by atoms with van der Waals surface area (Å²) in [4.78, 5) is 43.7. The number of nitrogens with one attached hydrogen (secondary N) is 1. The molecule has 0 aliphatic carbocycles. The number of para-hydroxylation sites is 1. The predicted octanol–water partition coefficient (Wildman–Crippen LogP) is 7.11. The Labute approximate surface area is 259 Å². The maximum absolute atomic E-state index is 13.5. The Bertz CT molecular complexity index is 1730. The first-order chi connectivity index (χ1) is 20.7. The minimum absolute atomic E-state index is 0.163. The number of carboxylic acid groups (broad SMARTS) is 1. The molecule has 4 aromatic rings. The summed E-state index contributed by atoms with van der Waals surface area (Å²) in [7, 11) is 0. The van der Waals surface area contributed by atoms with Crippen molar-refractivity contribution in [2.75, 3.05) is 11.9 Å². The number of carbonyl (C=O) groups excluding carboxylic acids is 2. The molecule has 0 unspecified atom stereocenters. The first kappa shape index (κ1) is 29.7. The molecule has 1 aliphatic heterocycles. The average Bonchev–Trinajstić information content (AvgIpc) is 3.27. The molecule has 11 heteroatoms. The Hall–Kier alpha value is -4.74. The quantitative estimate of drug-likeness (QED) is 0.185. The van der Waals surface area contributed by atoms with E-state index in [4.69, 9.17) is 9.73 Å². The molecular weight excluding hydrogens is 637 g/mol. The lowest BCUT2D eigenvalue weighted by atomic mass is 10.1. The molecule has 0 radical (unpaired) electrons. The number of halogens is 2. The van der Waals surface area contributed by atoms with Gasteiger partial charge >= 0.3 is 5.97 Å². The monoisotopic (exact) mass is 659 g/mol. The highest BCUT2D eigenvalue weighted by atomic mass is 79.9. The molecule has 216 valence electrons. The van der Waals surface area contributed by atoms with Gasteiger partial charge in [0.25, 0.3) is 11.8 Å². The van der Waals surface area contributed by atoms with E-state index in [-0.39, 0.29) is 24.6 Å². The van der Waals surface area contributed by atoms with E-state index >= 15 is 0 Å². The van der Waals surface area contributed by atoms with Gasteiger partial charge in [0.2, 0.25) is 0 Å². The number of rotatable bonds is 9. The number of hydrogen-bond donors (Lipinski definition) is 2. The summed E-state index contributed by atoms with van der Waals surface area (Å²) < 4.78 is 19.3. The fourth-order valence-corrected chi connectivity index (χ4v) is 5.54. The summed E-state index contributed by atoms with van der Waals surface area (Å²) in [5.74, 6) is -1.63. The average molecular weight is 661 g/mol. The molecule has 8 nitrogen and oxygen atoms in total. The molecule has 1 saturated heterocycles. The Morgan fingerprint density at radius 2 is 1.72 bits per heavy atom. The van der Waals surface area contributed by atoms with Crippen molar-refractivity contribution in [3.05, 3.63) is 129 Å². The first-order valence-corrected chi connectivity index (χ1v) is 14.5. The number of aliphatic imine (C=N–C) groups is 1. The topological polar surface area (TPSA) is 108 Å². The lowest BCUT2D eigenvalue weighted by Gasteiger charge is -2.16. The van der Waals surface area contributed by atoms with Crippen molar-refractivity contribution in [2.24, 2.45) is 4.99 Å². The summed E-state index contributed by atoms with van der Waals surface area (Å²) in [6.07, 6.45) is 1.75. The van der Waals surface area contributed by atoms with Crippen LogP contribution in [0.25, 0.3) is 6.08 Å². The number of carboxylic acids is 1. The van der Waals surface area contributed by atoms with E-state index in [1.165, 1.54) is 48.2 Å². The number of nitrogens with zero attached hydrogens (tertiary/aromatic N) is 2. The second-order valence-electron chi connectivity index (χ2n) is 9.27. The van der Waals surface area contributed by atoms with E-state index in [1.807, 2.05) is 30.3 Å². The second-order valence-corrected chi connectivity index (χ2v) is 11.1. The number of amides is 2. The van der Waals surface area contributed by atoms with Crippen molar-refractivity contribution in [1.29, 1.82) is 0 Å². The van der Waals surface area contributed by atoms with Gasteiger partial charge in [0.15, 0.2) is 11.8 Å². The Kier molecular flexibility index (Phi) is 9.33. The van der Waals surface area contributed by atoms with Crippen LogP contribution in [0, 0.1) is 5.82 Å². The zero-order valence-electron chi connectivity index (χ0n) is 22.4. The Morgan fingerprint density at radius 3 is 2.40 bits per heavy atom. The number of aromatic carboxylic acids is 1. The van der Waals surface area contributed by atoms with Gasteiger partial charge in [-0.15, -0.1) is 0 Å². The molecule has 1 aliphatic rings. The highest BCUT2D eigenvalue weighted by molar-refractivity contribution is 9.10. The molecule has 43 heavy (non-hydrogen) atoms. The zero-order valence-corrected chi connectivity index (χ0v) is 24.8. The summed E-state index contributed by atoms with van der Waals surface area (Å²) >= 11 is 4.71. The molecule has 2 amide bonds. The summed E-state index contributed by atoms with van der Waals surface area (Å²) in [5.41, 5.74) is 2.79. The van der Waals surface area contributed by atoms with Crippen LogP contribution in [-0.4, -0.2) is 39.6 Å². The fraction of sp³-hybridized carbons (Fsp3) is 0.0625. The van der Waals surface area contributed by atoms with Crippen LogP contribution >= 0.6 is 27.7 Å². The van der Waals surface area contributed by atoms with Crippen LogP contribution in [0.15, 0.2) is 111 Å². The Balaban J connectivity index is 1.31. The van der Waals surface area contributed by atoms with E-state index in [0.29, 0.717) is 31.7 Å². The van der Waals surface area contributed by atoms with Gasteiger partial charge in [0.1, 0.15) is 11.6 Å². The minimum Gasteiger partial charge on any atom is -0.483 e. The first-order valence-electron chi connectivity index (χ1n) is 12.9. The van der Waals surface area contributed by atoms with E-state index in [1.54, 1.807) is 41.3 Å². The van der Waals surface area contributed by atoms with E-state index in [0.717, 1.165) is 11.1 Å². The van der Waals surface area contributed by atoms with Gasteiger partial charge in [0.05, 0.1) is 27.2 Å². The highest BCUT2D eigenvalue weighted by Crippen LogP contribution is 2.36. The molecule has 0 bridgehead atoms. The summed E-state index contributed by atoms with van der Waals surface area (Å²) in [5, 5.41) is 12.3. The standard InChI is InChI=1S/C32H23BrFN3O5S/c33-26-16-21(8-15-27(26)42-19-29(38)35-25-13-11-23(34)12-14-25)17-28-30(39)37(18-20-6-9-22(10-7-20)31(40)41)32(43-28)36-24-4-2-1-3-5-24/h1-17H,18-19H2,(H,35,38)(H,40,41)/b28-17-,36-32?. The van der Waals surface area contributed by atoms with Crippen molar-refractivity contribution < 1.29 is 28.6 Å². The normalized spacial score (nSPS) is 14.7. The third-order valence-electron chi connectivity index (χ3n) is 6.15. The molecule has 5 rings (SSSR count). The van der Waals surface area contributed by atoms with Crippen LogP contribution in [0.4, 0.5) is 15.8 Å². The van der Waals surface area contributed by atoms with Crippen LogP contribution < -0.4 is 10.1 Å². The lowest BCUT2D eigenvalue weighted by molar-refractivity contribution is -0.122. The lowest BCUT2D eigenvalue weighted by Crippen LogP contribution is -2.28. The maximum atomic E-state index is 13.5. The van der Waals surface area contributed by atoms with Gasteiger partial charge in [-0.2, -0.15) is 0 Å². The van der Waals surface area contributed by atoms with Crippen molar-refractivity contribution in [3.8, 4) is 5.75 Å². The van der Waals surface area contributed by atoms with Gasteiger partial charge in [-0.25, -0.2) is 14.2 Å². The maximum Gasteiger partial charge on any atom is 0.335 e. The molecule has 4 aromatic carbocycles. The molecule has 0 saturated carbocycles. The van der Waals surface area contributed by atoms with Crippen LogP contribution in [0.3, 0.4) is 0 Å². The van der Waals surface area contributed by atoms with Gasteiger partial charge in [-0.1, -0.05) is 36.4 Å². The fourth-order valence-electron chi connectivity index (χ4n) is 4.03. The zero-order chi connectivity index (χ0) is 30.3. The molecule has 1 fully saturated rings. The van der Waals surface area contributed by atoms with Crippen LogP contribution in [0.5, 0.6) is 5.75 Å². The summed E-state index contributed by atoms with van der Waals surface area (Å²) in [6, 6.07) is 26.3. The third kappa shape index (κ3) is 7.76. The van der Waals surface area contributed by atoms with Gasteiger partial charge in [-0.3, -0.25) is 14.5 Å². The highest BCUT2D eigenvalue weighted by Gasteiger charge is 2.33. The number of anilines is 1. The number of thioether (sulfide) groups is 1. The number of amidine groups is 1. The van der Waals surface area contributed by atoms with Gasteiger partial charge in [0, 0.05) is 5.69 Å². The molecule has 0 spiro atoms. The summed E-state index contributed by atoms with van der Waals surface area (Å²) in [6.45, 7) is -0.0440. The molecule has 0 atom stereocenters. The third-order valence-corrected chi connectivity index (χ3v) is 7.78. The van der Waals surface area contributed by atoms with E-state index in [9.17, 15) is 23.9 Å². The number of benzene rings is 4. The van der Waals surface area contributed by atoms with Crippen molar-refractivity contribution in [1.82, 2.24) is 4.90 Å². The van der Waals surface area contributed by atoms with Gasteiger partial charge < -0.3 is 15.2 Å². The number of ether oxygens (including phenoxy) is 1. The molecule has 0 aromatic heterocycles. The van der Waals surface area contributed by atoms with E-state index < -0.39 is 17.7 Å². The van der Waals surface area contributed by atoms with E-state index in [2.05, 4.69) is 21.2 Å². The van der Waals surface area contributed by atoms with Crippen LogP contribution in [-0.2, 0) is 16.1 Å². The number of carbonyl (C=O) groups is 3. The SMILES string of the molecule is O=C(COc1ccc(/C=C2\SC(=Nc3ccccc3)N(Cc3ccc(C(=O)O)cc3)C2=O)cc1Br)Nc1ccc(F)cc1. The predicted molar refractivity (Wildman–Crippen MR) is 168 cm³/mol. The molecule has 1 heterocycles. The minimum atomic E-state index is -1.02. The van der Waals surface area contributed by atoms with Crippen LogP contribution in [0.1, 0.15) is 21.5 Å². The largest absolute Gasteiger partial charge is 0.483 e. The van der Waals surface area contributed by atoms with Gasteiger partial charge in [-0.05, 0) is 106 Å². The van der Waals surface area contributed by atoms with Crippen molar-refractivity contribution in [2.45, 2.75) is 6.54 Å².